The molecule has 2 unspecified atom stereocenters. The number of allylic oxidation sites excluding steroid dienone is 1. The van der Waals surface area contributed by atoms with Crippen LogP contribution < -0.4 is 10.6 Å². The summed E-state index contributed by atoms with van der Waals surface area (Å²) < 4.78 is 12.7. The van der Waals surface area contributed by atoms with Crippen molar-refractivity contribution >= 4 is 17.9 Å². The average Bonchev–Trinajstić information content (AvgIpc) is 2.72. The number of hydrogen-bond acceptors (Lipinski definition) is 2. The van der Waals surface area contributed by atoms with Gasteiger partial charge in [0.05, 0.1) is 0 Å². The Bertz CT molecular complexity index is 730. The predicted molar refractivity (Wildman–Crippen MR) is 124 cm³/mol. The Kier molecular flexibility index (Phi) is 7.32. The zero-order chi connectivity index (χ0) is 20.0. The SMILES string of the molecule is CCCC[PH](CC1OC(C)=C(CC)C(C)O1)(c1ccccc1)c1ccccc1. The van der Waals surface area contributed by atoms with Gasteiger partial charge >= 0.3 is 171 Å². The molecule has 3 heteroatoms. The first kappa shape index (κ1) is 21.1. The Hall–Kier alpha value is -1.63. The number of unbranched alkanes of at least 4 members (excludes halogenated alkanes) is 1. The molecule has 2 aromatic carbocycles. The van der Waals surface area contributed by atoms with E-state index in [-0.39, 0.29) is 12.4 Å². The Morgan fingerprint density at radius 2 is 1.46 bits per heavy atom. The van der Waals surface area contributed by atoms with Crippen molar-refractivity contribution in [3.63, 3.8) is 0 Å². The van der Waals surface area contributed by atoms with E-state index in [2.05, 4.69) is 88.4 Å². The zero-order valence-electron chi connectivity index (χ0n) is 17.8. The normalized spacial score (nSPS) is 20.7. The fourth-order valence-electron chi connectivity index (χ4n) is 4.59. The monoisotopic (exact) mass is 398 g/mol. The molecular weight excluding hydrogens is 363 g/mol. The van der Waals surface area contributed by atoms with Crippen LogP contribution in [0.4, 0.5) is 0 Å². The molecule has 1 heterocycles. The van der Waals surface area contributed by atoms with Gasteiger partial charge in [-0.2, -0.15) is 0 Å². The van der Waals surface area contributed by atoms with E-state index in [0.717, 1.165) is 18.3 Å². The quantitative estimate of drug-likeness (QED) is 0.536. The van der Waals surface area contributed by atoms with E-state index in [1.165, 1.54) is 35.2 Å². The molecule has 0 amide bonds. The molecule has 0 aliphatic carbocycles. The van der Waals surface area contributed by atoms with E-state index in [4.69, 9.17) is 9.47 Å². The van der Waals surface area contributed by atoms with Crippen molar-refractivity contribution in [2.45, 2.75) is 59.4 Å². The van der Waals surface area contributed by atoms with Crippen LogP contribution in [0, 0.1) is 0 Å². The third-order valence-electron chi connectivity index (χ3n) is 6.11. The van der Waals surface area contributed by atoms with Gasteiger partial charge in [-0.3, -0.25) is 0 Å². The van der Waals surface area contributed by atoms with E-state index in [0.29, 0.717) is 0 Å². The van der Waals surface area contributed by atoms with Crippen molar-refractivity contribution in [1.29, 1.82) is 0 Å². The number of benzene rings is 2. The van der Waals surface area contributed by atoms with Gasteiger partial charge in [0.15, 0.2) is 0 Å². The van der Waals surface area contributed by atoms with Gasteiger partial charge in [0.25, 0.3) is 0 Å². The van der Waals surface area contributed by atoms with E-state index in [1.54, 1.807) is 0 Å². The molecule has 0 saturated heterocycles. The summed E-state index contributed by atoms with van der Waals surface area (Å²) in [5.41, 5.74) is 1.29. The van der Waals surface area contributed by atoms with Crippen molar-refractivity contribution in [2.75, 3.05) is 12.3 Å². The molecule has 3 rings (SSSR count). The van der Waals surface area contributed by atoms with Gasteiger partial charge in [0.1, 0.15) is 0 Å². The first-order valence-corrected chi connectivity index (χ1v) is 13.1. The van der Waals surface area contributed by atoms with Gasteiger partial charge in [-0.25, -0.2) is 0 Å². The molecule has 2 atom stereocenters. The molecular formula is C25H35O2P. The van der Waals surface area contributed by atoms with E-state index < -0.39 is 7.26 Å². The second-order valence-electron chi connectivity index (χ2n) is 7.88. The second-order valence-corrected chi connectivity index (χ2v) is 12.1. The standard InChI is InChI=1S/C25H35O2P/c1-5-7-18-28(22-14-10-8-11-15-22,23-16-12-9-13-17-23)19-25-26-20(3)24(6-2)21(4)27-25/h8-17,20,25,28H,5-7,18-19H2,1-4H3. The molecule has 0 spiro atoms. The Labute approximate surface area is 171 Å². The summed E-state index contributed by atoms with van der Waals surface area (Å²) in [6.07, 6.45) is 5.55. The fraction of sp³-hybridized carbons (Fsp3) is 0.440. The molecule has 1 aliphatic heterocycles. The number of ether oxygens (including phenoxy) is 2. The van der Waals surface area contributed by atoms with Crippen LogP contribution in [0.3, 0.4) is 0 Å². The molecule has 152 valence electrons. The van der Waals surface area contributed by atoms with Gasteiger partial charge < -0.3 is 0 Å². The first-order valence-electron chi connectivity index (χ1n) is 10.7. The zero-order valence-corrected chi connectivity index (χ0v) is 18.8. The van der Waals surface area contributed by atoms with Crippen molar-refractivity contribution < 1.29 is 9.47 Å². The molecule has 0 N–H and O–H groups in total. The van der Waals surface area contributed by atoms with E-state index >= 15 is 0 Å². The molecule has 2 nitrogen and oxygen atoms in total. The Morgan fingerprint density at radius 1 is 0.893 bits per heavy atom. The third-order valence-corrected chi connectivity index (χ3v) is 11.2. The summed E-state index contributed by atoms with van der Waals surface area (Å²) in [5, 5.41) is 2.97. The maximum atomic E-state index is 6.39. The van der Waals surface area contributed by atoms with Crippen LogP contribution in [0.5, 0.6) is 0 Å². The molecule has 28 heavy (non-hydrogen) atoms. The van der Waals surface area contributed by atoms with Crippen LogP contribution in [0.2, 0.25) is 0 Å². The van der Waals surface area contributed by atoms with E-state index in [9.17, 15) is 0 Å². The van der Waals surface area contributed by atoms with Crippen LogP contribution in [0.25, 0.3) is 0 Å². The third kappa shape index (κ3) is 4.50. The summed E-state index contributed by atoms with van der Waals surface area (Å²) in [6.45, 7) is 8.73. The topological polar surface area (TPSA) is 18.5 Å². The summed E-state index contributed by atoms with van der Waals surface area (Å²) >= 11 is 0. The Morgan fingerprint density at radius 3 is 1.93 bits per heavy atom. The molecule has 0 radical (unpaired) electrons. The first-order chi connectivity index (χ1) is 13.6. The van der Waals surface area contributed by atoms with E-state index in [1.807, 2.05) is 0 Å². The summed E-state index contributed by atoms with van der Waals surface area (Å²) in [5.74, 6) is 1.06. The van der Waals surface area contributed by atoms with Crippen LogP contribution in [-0.4, -0.2) is 24.7 Å². The summed E-state index contributed by atoms with van der Waals surface area (Å²) in [7, 11) is -2.02. The Balaban J connectivity index is 2.02. The van der Waals surface area contributed by atoms with Crippen LogP contribution >= 0.6 is 7.26 Å². The van der Waals surface area contributed by atoms with Crippen molar-refractivity contribution in [2.24, 2.45) is 0 Å². The van der Waals surface area contributed by atoms with Gasteiger partial charge in [-0.15, -0.1) is 0 Å². The van der Waals surface area contributed by atoms with Crippen LogP contribution in [-0.2, 0) is 9.47 Å². The van der Waals surface area contributed by atoms with Crippen molar-refractivity contribution in [3.8, 4) is 0 Å². The van der Waals surface area contributed by atoms with Crippen LogP contribution in [0.1, 0.15) is 47.0 Å². The van der Waals surface area contributed by atoms with Gasteiger partial charge in [-0.1, -0.05) is 0 Å². The van der Waals surface area contributed by atoms with Crippen molar-refractivity contribution in [3.05, 3.63) is 72.0 Å². The fourth-order valence-corrected chi connectivity index (χ4v) is 9.55. The molecule has 0 bridgehead atoms. The predicted octanol–water partition coefficient (Wildman–Crippen LogP) is 5.63. The molecule has 1 aliphatic rings. The van der Waals surface area contributed by atoms with Gasteiger partial charge in [-0.05, 0) is 0 Å². The number of rotatable bonds is 8. The molecule has 0 saturated carbocycles. The summed E-state index contributed by atoms with van der Waals surface area (Å²) in [6, 6.07) is 22.2. The number of hydrogen-bond donors (Lipinski definition) is 0. The van der Waals surface area contributed by atoms with Crippen molar-refractivity contribution in [1.82, 2.24) is 0 Å². The minimum absolute atomic E-state index is 0.133. The molecule has 0 aromatic heterocycles. The molecule has 2 aromatic rings. The minimum atomic E-state index is -2.02. The second kappa shape index (κ2) is 9.72. The van der Waals surface area contributed by atoms with Gasteiger partial charge in [0.2, 0.25) is 0 Å². The van der Waals surface area contributed by atoms with Gasteiger partial charge in [0, 0.05) is 0 Å². The average molecular weight is 399 g/mol. The maximum absolute atomic E-state index is 6.39. The summed E-state index contributed by atoms with van der Waals surface area (Å²) in [4.78, 5) is 0. The van der Waals surface area contributed by atoms with Crippen LogP contribution in [0.15, 0.2) is 72.0 Å². The molecule has 0 fully saturated rings.